The Kier molecular flexibility index (Phi) is 5.00. The first-order valence-electron chi connectivity index (χ1n) is 10.7. The highest BCUT2D eigenvalue weighted by molar-refractivity contribution is 7.09. The van der Waals surface area contributed by atoms with Gasteiger partial charge in [-0.1, -0.05) is 0 Å². The molecule has 0 bridgehead atoms. The minimum absolute atomic E-state index is 0.00553. The van der Waals surface area contributed by atoms with Crippen LogP contribution in [0, 0.1) is 12.3 Å². The van der Waals surface area contributed by atoms with Crippen LogP contribution in [-0.2, 0) is 11.3 Å². The minimum Gasteiger partial charge on any atom is -0.339 e. The van der Waals surface area contributed by atoms with Crippen LogP contribution in [0.4, 0.5) is 5.95 Å². The second-order valence-corrected chi connectivity index (χ2v) is 9.87. The molecule has 162 valence electrons. The first-order valence-corrected chi connectivity index (χ1v) is 11.6. The lowest BCUT2D eigenvalue weighted by atomic mass is 9.75. The Labute approximate surface area is 186 Å². The molecule has 1 amide bonds. The van der Waals surface area contributed by atoms with Crippen LogP contribution < -0.4 is 4.90 Å². The van der Waals surface area contributed by atoms with Crippen LogP contribution in [0.25, 0.3) is 0 Å². The molecule has 9 heteroatoms. The molecular formula is C22H27N7OS. The van der Waals surface area contributed by atoms with E-state index in [4.69, 9.17) is 4.98 Å². The Morgan fingerprint density at radius 1 is 1.26 bits per heavy atom. The third kappa shape index (κ3) is 3.50. The van der Waals surface area contributed by atoms with E-state index in [2.05, 4.69) is 44.5 Å². The number of carbonyl (C=O) groups excluding carboxylic acids is 1. The van der Waals surface area contributed by atoms with Crippen molar-refractivity contribution >= 4 is 23.2 Å². The molecule has 2 atom stereocenters. The molecule has 1 spiro atoms. The van der Waals surface area contributed by atoms with Crippen LogP contribution in [0.15, 0.2) is 36.4 Å². The molecule has 0 aromatic carbocycles. The summed E-state index contributed by atoms with van der Waals surface area (Å²) >= 11 is 1.63. The molecule has 5 heterocycles. The molecule has 3 aromatic heterocycles. The van der Waals surface area contributed by atoms with Crippen molar-refractivity contribution in [1.82, 2.24) is 29.4 Å². The van der Waals surface area contributed by atoms with E-state index in [-0.39, 0.29) is 11.8 Å². The molecule has 0 aliphatic carbocycles. The summed E-state index contributed by atoms with van der Waals surface area (Å²) in [4.78, 5) is 36.1. The van der Waals surface area contributed by atoms with Gasteiger partial charge in [0.1, 0.15) is 0 Å². The zero-order chi connectivity index (χ0) is 21.6. The highest BCUT2D eigenvalue weighted by Gasteiger charge is 2.58. The molecule has 0 unspecified atom stereocenters. The molecule has 2 aliphatic rings. The molecule has 2 aliphatic heterocycles. The van der Waals surface area contributed by atoms with Crippen LogP contribution in [0.2, 0.25) is 0 Å². The Balaban J connectivity index is 1.47. The SMILES string of the molecule is Cc1nc(CN2CC[C@]3(CN(c4ncccn4)C[C@@H]3c3cn(C(C)C)cn3)C2=O)cs1. The Hall–Kier alpha value is -2.81. The van der Waals surface area contributed by atoms with Gasteiger partial charge in [0, 0.05) is 55.6 Å². The average molecular weight is 438 g/mol. The van der Waals surface area contributed by atoms with E-state index in [0.29, 0.717) is 31.6 Å². The number of likely N-dealkylation sites (tertiary alicyclic amines) is 1. The highest BCUT2D eigenvalue weighted by Crippen LogP contribution is 2.50. The van der Waals surface area contributed by atoms with Crippen molar-refractivity contribution in [3.05, 3.63) is 52.8 Å². The van der Waals surface area contributed by atoms with Gasteiger partial charge in [-0.05, 0) is 33.3 Å². The van der Waals surface area contributed by atoms with Crippen molar-refractivity contribution < 1.29 is 4.79 Å². The lowest BCUT2D eigenvalue weighted by Gasteiger charge is -2.27. The molecule has 8 nitrogen and oxygen atoms in total. The van der Waals surface area contributed by atoms with Crippen molar-refractivity contribution in [2.75, 3.05) is 24.5 Å². The number of nitrogens with zero attached hydrogens (tertiary/aromatic N) is 7. The number of aromatic nitrogens is 5. The van der Waals surface area contributed by atoms with Gasteiger partial charge in [0.05, 0.1) is 34.7 Å². The molecular weight excluding hydrogens is 410 g/mol. The predicted molar refractivity (Wildman–Crippen MR) is 119 cm³/mol. The van der Waals surface area contributed by atoms with E-state index in [1.165, 1.54) is 0 Å². The summed E-state index contributed by atoms with van der Waals surface area (Å²) < 4.78 is 2.11. The maximum atomic E-state index is 13.8. The minimum atomic E-state index is -0.513. The number of carbonyl (C=O) groups is 1. The summed E-state index contributed by atoms with van der Waals surface area (Å²) in [6, 6.07) is 2.14. The standard InChI is InChI=1S/C22H27N7OS/c1-15(2)29-11-19(25-14-29)18-10-28(21-23-6-4-7-24-21)13-22(18)5-8-27(20(22)30)9-17-12-31-16(3)26-17/h4,6-7,11-12,14-15,18H,5,8-10,13H2,1-3H3/t18-,22-/m1/s1. The lowest BCUT2D eigenvalue weighted by Crippen LogP contribution is -2.39. The first kappa shape index (κ1) is 20.1. The Morgan fingerprint density at radius 2 is 2.06 bits per heavy atom. The molecule has 5 rings (SSSR count). The summed E-state index contributed by atoms with van der Waals surface area (Å²) in [6.45, 7) is 8.88. The number of thiazole rings is 1. The molecule has 2 saturated heterocycles. The van der Waals surface area contributed by atoms with Gasteiger partial charge in [0.25, 0.3) is 0 Å². The summed E-state index contributed by atoms with van der Waals surface area (Å²) in [7, 11) is 0. The smallest absolute Gasteiger partial charge is 0.231 e. The summed E-state index contributed by atoms with van der Waals surface area (Å²) in [5, 5.41) is 3.08. The largest absolute Gasteiger partial charge is 0.339 e. The summed E-state index contributed by atoms with van der Waals surface area (Å²) in [5.41, 5.74) is 1.43. The van der Waals surface area contributed by atoms with Gasteiger partial charge in [0.2, 0.25) is 11.9 Å². The number of anilines is 1. The second kappa shape index (κ2) is 7.71. The summed E-state index contributed by atoms with van der Waals surface area (Å²) in [6.07, 6.45) is 8.29. The highest BCUT2D eigenvalue weighted by atomic mass is 32.1. The van der Waals surface area contributed by atoms with E-state index >= 15 is 0 Å². The van der Waals surface area contributed by atoms with E-state index < -0.39 is 5.41 Å². The normalized spacial score (nSPS) is 23.6. The second-order valence-electron chi connectivity index (χ2n) is 8.81. The topological polar surface area (TPSA) is 80.0 Å². The first-order chi connectivity index (χ1) is 15.0. The predicted octanol–water partition coefficient (Wildman–Crippen LogP) is 3.04. The van der Waals surface area contributed by atoms with Gasteiger partial charge in [-0.25, -0.2) is 19.9 Å². The Morgan fingerprint density at radius 3 is 2.74 bits per heavy atom. The Bertz CT molecular complexity index is 1080. The fraction of sp³-hybridized carbons (Fsp3) is 0.500. The van der Waals surface area contributed by atoms with Crippen LogP contribution in [0.5, 0.6) is 0 Å². The molecule has 0 radical (unpaired) electrons. The third-order valence-electron chi connectivity index (χ3n) is 6.51. The number of amides is 1. The van der Waals surface area contributed by atoms with E-state index in [9.17, 15) is 4.79 Å². The van der Waals surface area contributed by atoms with E-state index in [1.807, 2.05) is 29.6 Å². The van der Waals surface area contributed by atoms with Gasteiger partial charge < -0.3 is 14.4 Å². The number of imidazole rings is 1. The van der Waals surface area contributed by atoms with Crippen LogP contribution in [-0.4, -0.2) is 54.9 Å². The van der Waals surface area contributed by atoms with Gasteiger partial charge in [-0.3, -0.25) is 4.79 Å². The zero-order valence-corrected chi connectivity index (χ0v) is 18.9. The van der Waals surface area contributed by atoms with Crippen molar-refractivity contribution in [3.8, 4) is 0 Å². The molecule has 3 aromatic rings. The van der Waals surface area contributed by atoms with Crippen molar-refractivity contribution in [3.63, 3.8) is 0 Å². The summed E-state index contributed by atoms with van der Waals surface area (Å²) in [5.74, 6) is 0.876. The van der Waals surface area contributed by atoms with E-state index in [0.717, 1.165) is 29.4 Å². The maximum absolute atomic E-state index is 13.8. The lowest BCUT2D eigenvalue weighted by molar-refractivity contribution is -0.136. The van der Waals surface area contributed by atoms with Crippen molar-refractivity contribution in [1.29, 1.82) is 0 Å². The van der Waals surface area contributed by atoms with Crippen LogP contribution in [0.3, 0.4) is 0 Å². The molecule has 2 fully saturated rings. The maximum Gasteiger partial charge on any atom is 0.231 e. The van der Waals surface area contributed by atoms with Gasteiger partial charge >= 0.3 is 0 Å². The fourth-order valence-electron chi connectivity index (χ4n) is 4.86. The number of aryl methyl sites for hydroxylation is 1. The number of hydrogen-bond acceptors (Lipinski definition) is 7. The molecule has 0 saturated carbocycles. The molecule has 31 heavy (non-hydrogen) atoms. The number of rotatable bonds is 5. The number of hydrogen-bond donors (Lipinski definition) is 0. The third-order valence-corrected chi connectivity index (χ3v) is 7.34. The average Bonchev–Trinajstić information content (AvgIpc) is 3.54. The van der Waals surface area contributed by atoms with Crippen molar-refractivity contribution in [2.45, 2.75) is 45.7 Å². The fourth-order valence-corrected chi connectivity index (χ4v) is 5.47. The van der Waals surface area contributed by atoms with Gasteiger partial charge in [0.15, 0.2) is 0 Å². The quantitative estimate of drug-likeness (QED) is 0.610. The van der Waals surface area contributed by atoms with Crippen LogP contribution >= 0.6 is 11.3 Å². The van der Waals surface area contributed by atoms with Crippen molar-refractivity contribution in [2.24, 2.45) is 5.41 Å². The molecule has 0 N–H and O–H groups in total. The van der Waals surface area contributed by atoms with E-state index in [1.54, 1.807) is 23.7 Å². The zero-order valence-electron chi connectivity index (χ0n) is 18.1. The van der Waals surface area contributed by atoms with Gasteiger partial charge in [-0.2, -0.15) is 0 Å². The van der Waals surface area contributed by atoms with Gasteiger partial charge in [-0.15, -0.1) is 11.3 Å². The van der Waals surface area contributed by atoms with Crippen LogP contribution in [0.1, 0.15) is 48.6 Å². The monoisotopic (exact) mass is 437 g/mol.